The lowest BCUT2D eigenvalue weighted by atomic mass is 9.77. The Morgan fingerprint density at radius 2 is 1.31 bits per heavy atom. The highest BCUT2D eigenvalue weighted by Crippen LogP contribution is 2.39. The van der Waals surface area contributed by atoms with E-state index < -0.39 is 18.5 Å². The van der Waals surface area contributed by atoms with E-state index in [1.54, 1.807) is 0 Å². The van der Waals surface area contributed by atoms with Crippen LogP contribution in [0.5, 0.6) is 0 Å². The van der Waals surface area contributed by atoms with Gasteiger partial charge in [0.15, 0.2) is 6.61 Å². The fourth-order valence-electron chi connectivity index (χ4n) is 6.20. The van der Waals surface area contributed by atoms with E-state index in [4.69, 9.17) is 4.74 Å². The number of rotatable bonds is 13. The number of halogens is 2. The summed E-state index contributed by atoms with van der Waals surface area (Å²) in [5, 5.41) is 0. The smallest absolute Gasteiger partial charge is 0.309 e. The molecule has 0 saturated heterocycles. The summed E-state index contributed by atoms with van der Waals surface area (Å²) in [5.41, 5.74) is 1.12. The van der Waals surface area contributed by atoms with Gasteiger partial charge in [0.05, 0.1) is 5.92 Å². The van der Waals surface area contributed by atoms with Gasteiger partial charge in [0, 0.05) is 5.56 Å². The van der Waals surface area contributed by atoms with E-state index in [1.807, 2.05) is 12.1 Å². The van der Waals surface area contributed by atoms with Gasteiger partial charge in [-0.15, -0.1) is 0 Å². The highest BCUT2D eigenvalue weighted by atomic mass is 19.3. The molecule has 35 heavy (non-hydrogen) atoms. The van der Waals surface area contributed by atoms with E-state index >= 15 is 0 Å². The van der Waals surface area contributed by atoms with Crippen molar-refractivity contribution in [2.24, 2.45) is 17.8 Å². The van der Waals surface area contributed by atoms with Crippen LogP contribution in [0, 0.1) is 17.8 Å². The molecule has 0 radical (unpaired) electrons. The molecule has 2 saturated carbocycles. The minimum Gasteiger partial charge on any atom is -0.459 e. The van der Waals surface area contributed by atoms with Gasteiger partial charge in [-0.05, 0) is 74.7 Å². The van der Waals surface area contributed by atoms with Crippen molar-refractivity contribution < 1.29 is 18.3 Å². The van der Waals surface area contributed by atoms with E-state index in [2.05, 4.69) is 13.8 Å². The first-order chi connectivity index (χ1) is 16.9. The summed E-state index contributed by atoms with van der Waals surface area (Å²) in [7, 11) is 0. The first-order valence-corrected chi connectivity index (χ1v) is 14.6. The molecule has 1 aromatic rings. The number of ether oxygens (including phenoxy) is 1. The fraction of sp³-hybridized carbons (Fsp3) is 0.774. The second-order valence-electron chi connectivity index (χ2n) is 11.4. The zero-order valence-corrected chi connectivity index (χ0v) is 22.2. The maximum absolute atomic E-state index is 14.8. The Morgan fingerprint density at radius 3 is 1.83 bits per heavy atom. The normalized spacial score (nSPS) is 25.4. The molecule has 0 aromatic heterocycles. The van der Waals surface area contributed by atoms with E-state index in [0.29, 0.717) is 11.8 Å². The van der Waals surface area contributed by atoms with Crippen molar-refractivity contribution in [2.45, 2.75) is 128 Å². The van der Waals surface area contributed by atoms with Gasteiger partial charge in [0.2, 0.25) is 0 Å². The van der Waals surface area contributed by atoms with E-state index in [0.717, 1.165) is 44.4 Å². The molecule has 0 amide bonds. The lowest BCUT2D eigenvalue weighted by Gasteiger charge is -2.29. The average molecular weight is 491 g/mol. The van der Waals surface area contributed by atoms with E-state index in [9.17, 15) is 13.6 Å². The summed E-state index contributed by atoms with van der Waals surface area (Å²) >= 11 is 0. The molecule has 2 nitrogen and oxygen atoms in total. The topological polar surface area (TPSA) is 26.3 Å². The molecule has 2 aliphatic carbocycles. The second kappa shape index (κ2) is 14.3. The van der Waals surface area contributed by atoms with Crippen LogP contribution in [0.2, 0.25) is 0 Å². The molecule has 0 bridgehead atoms. The molecule has 2 aliphatic rings. The molecule has 2 fully saturated rings. The summed E-state index contributed by atoms with van der Waals surface area (Å²) in [6, 6.07) is 6.82. The first kappa shape index (κ1) is 28.1. The molecule has 0 spiro atoms. The SMILES string of the molecule is CCCCCC1CCC(C(=O)OCC(F)(F)c2ccc(C3CCC(CCCCC)CC3)cc2)CC1. The Kier molecular flexibility index (Phi) is 11.5. The Bertz CT molecular complexity index is 729. The second-order valence-corrected chi connectivity index (χ2v) is 11.4. The predicted molar refractivity (Wildman–Crippen MR) is 140 cm³/mol. The monoisotopic (exact) mass is 490 g/mol. The van der Waals surface area contributed by atoms with Crippen molar-refractivity contribution >= 4 is 5.97 Å². The molecule has 0 aliphatic heterocycles. The number of hydrogen-bond donors (Lipinski definition) is 0. The number of hydrogen-bond acceptors (Lipinski definition) is 2. The average Bonchev–Trinajstić information content (AvgIpc) is 2.88. The van der Waals surface area contributed by atoms with Crippen molar-refractivity contribution in [3.8, 4) is 0 Å². The van der Waals surface area contributed by atoms with Crippen LogP contribution in [0.25, 0.3) is 0 Å². The number of unbranched alkanes of at least 4 members (excludes halogenated alkanes) is 4. The maximum atomic E-state index is 14.8. The van der Waals surface area contributed by atoms with Crippen molar-refractivity contribution in [3.63, 3.8) is 0 Å². The standard InChI is InChI=1S/C31H48F2O2/c1-3-5-7-9-24-11-15-26(16-12-24)27-19-21-29(22-20-27)31(32,33)23-35-30(34)28-17-13-25(14-18-28)10-8-6-4-2/h19-22,24-26,28H,3-18,23H2,1-2H3. The third-order valence-corrected chi connectivity index (χ3v) is 8.66. The zero-order chi connectivity index (χ0) is 25.1. The fourth-order valence-corrected chi connectivity index (χ4v) is 6.20. The van der Waals surface area contributed by atoms with Crippen LogP contribution in [-0.4, -0.2) is 12.6 Å². The molecule has 0 atom stereocenters. The molecule has 0 unspecified atom stereocenters. The summed E-state index contributed by atoms with van der Waals surface area (Å²) in [6.45, 7) is 3.59. The van der Waals surface area contributed by atoms with Crippen LogP contribution in [0.15, 0.2) is 24.3 Å². The molecule has 4 heteroatoms. The maximum Gasteiger partial charge on any atom is 0.309 e. The molecule has 0 N–H and O–H groups in total. The van der Waals surface area contributed by atoms with Crippen LogP contribution < -0.4 is 0 Å². The lowest BCUT2D eigenvalue weighted by Crippen LogP contribution is -2.29. The summed E-state index contributed by atoms with van der Waals surface area (Å²) in [5.74, 6) is -1.80. The number of esters is 1. The Morgan fingerprint density at radius 1 is 0.800 bits per heavy atom. The van der Waals surface area contributed by atoms with Crippen molar-refractivity contribution in [1.82, 2.24) is 0 Å². The van der Waals surface area contributed by atoms with Crippen LogP contribution in [0.4, 0.5) is 8.78 Å². The van der Waals surface area contributed by atoms with Crippen LogP contribution in [-0.2, 0) is 15.5 Å². The molecule has 198 valence electrons. The first-order valence-electron chi connectivity index (χ1n) is 14.6. The third kappa shape index (κ3) is 8.86. The highest BCUT2D eigenvalue weighted by molar-refractivity contribution is 5.72. The van der Waals surface area contributed by atoms with Gasteiger partial charge in [-0.2, -0.15) is 8.78 Å². The third-order valence-electron chi connectivity index (χ3n) is 8.66. The lowest BCUT2D eigenvalue weighted by molar-refractivity contribution is -0.162. The number of alkyl halides is 2. The summed E-state index contributed by atoms with van der Waals surface area (Å²) in [4.78, 5) is 12.5. The zero-order valence-electron chi connectivity index (χ0n) is 22.2. The van der Waals surface area contributed by atoms with E-state index in [-0.39, 0.29) is 11.5 Å². The Hall–Kier alpha value is -1.45. The van der Waals surface area contributed by atoms with E-state index in [1.165, 1.54) is 81.9 Å². The molecular weight excluding hydrogens is 442 g/mol. The summed E-state index contributed by atoms with van der Waals surface area (Å²) in [6.07, 6.45) is 18.6. The Labute approximate surface area is 212 Å². The molecule has 1 aromatic carbocycles. The molecule has 0 heterocycles. The van der Waals surface area contributed by atoms with Crippen molar-refractivity contribution in [2.75, 3.05) is 6.61 Å². The Balaban J connectivity index is 1.41. The predicted octanol–water partition coefficient (Wildman–Crippen LogP) is 9.56. The highest BCUT2D eigenvalue weighted by Gasteiger charge is 2.35. The molecule has 3 rings (SSSR count). The number of carbonyl (C=O) groups excluding carboxylic acids is 1. The molecular formula is C31H48F2O2. The quantitative estimate of drug-likeness (QED) is 0.203. The minimum atomic E-state index is -3.15. The summed E-state index contributed by atoms with van der Waals surface area (Å²) < 4.78 is 34.8. The number of benzene rings is 1. The van der Waals surface area contributed by atoms with Crippen molar-refractivity contribution in [3.05, 3.63) is 35.4 Å². The van der Waals surface area contributed by atoms with Crippen LogP contribution >= 0.6 is 0 Å². The minimum absolute atomic E-state index is 0.0538. The number of carbonyl (C=O) groups is 1. The van der Waals surface area contributed by atoms with Gasteiger partial charge in [-0.3, -0.25) is 4.79 Å². The van der Waals surface area contributed by atoms with Gasteiger partial charge >= 0.3 is 11.9 Å². The largest absolute Gasteiger partial charge is 0.459 e. The van der Waals surface area contributed by atoms with Gasteiger partial charge in [-0.1, -0.05) is 89.5 Å². The van der Waals surface area contributed by atoms with Gasteiger partial charge < -0.3 is 4.74 Å². The van der Waals surface area contributed by atoms with Gasteiger partial charge in [-0.25, -0.2) is 0 Å². The van der Waals surface area contributed by atoms with Gasteiger partial charge in [0.25, 0.3) is 0 Å². The van der Waals surface area contributed by atoms with Gasteiger partial charge in [0.1, 0.15) is 0 Å². The van der Waals surface area contributed by atoms with Crippen LogP contribution in [0.1, 0.15) is 134 Å². The van der Waals surface area contributed by atoms with Crippen molar-refractivity contribution in [1.29, 1.82) is 0 Å². The van der Waals surface area contributed by atoms with Crippen LogP contribution in [0.3, 0.4) is 0 Å².